The van der Waals surface area contributed by atoms with Crippen molar-refractivity contribution in [2.75, 3.05) is 6.61 Å². The zero-order valence-corrected chi connectivity index (χ0v) is 9.02. The van der Waals surface area contributed by atoms with Gasteiger partial charge in [-0.2, -0.15) is 0 Å². The van der Waals surface area contributed by atoms with Gasteiger partial charge in [0, 0.05) is 12.5 Å². The van der Waals surface area contributed by atoms with E-state index in [2.05, 4.69) is 36.4 Å². The number of aliphatic hydroxyl groups excluding tert-OH is 1. The highest BCUT2D eigenvalue weighted by Crippen LogP contribution is 2.35. The third kappa shape index (κ3) is 2.48. The normalized spacial score (nSPS) is 21.1. The molecule has 0 amide bonds. The van der Waals surface area contributed by atoms with Gasteiger partial charge in [0.2, 0.25) is 0 Å². The zero-order valence-electron chi connectivity index (χ0n) is 9.02. The van der Waals surface area contributed by atoms with Crippen molar-refractivity contribution in [1.29, 1.82) is 0 Å². The first-order valence-electron chi connectivity index (χ1n) is 5.76. The molecule has 1 aromatic carbocycles. The lowest BCUT2D eigenvalue weighted by molar-refractivity contribution is 0.295. The molecular weight excluding hydrogens is 184 g/mol. The Morgan fingerprint density at radius 2 is 2.00 bits per heavy atom. The molecule has 0 fully saturated rings. The molecule has 0 radical (unpaired) electrons. The van der Waals surface area contributed by atoms with Crippen LogP contribution in [0.15, 0.2) is 42.0 Å². The average Bonchev–Trinajstić information content (AvgIpc) is 2.31. The first-order valence-corrected chi connectivity index (χ1v) is 5.76. The second-order valence-electron chi connectivity index (χ2n) is 4.15. The summed E-state index contributed by atoms with van der Waals surface area (Å²) in [7, 11) is 0. The molecule has 1 heteroatoms. The van der Waals surface area contributed by atoms with Crippen molar-refractivity contribution in [3.63, 3.8) is 0 Å². The largest absolute Gasteiger partial charge is 0.396 e. The Hall–Kier alpha value is -1.08. The van der Waals surface area contributed by atoms with Gasteiger partial charge in [0.1, 0.15) is 0 Å². The number of hydrogen-bond donors (Lipinski definition) is 1. The van der Waals surface area contributed by atoms with E-state index in [-0.39, 0.29) is 6.61 Å². The topological polar surface area (TPSA) is 20.2 Å². The van der Waals surface area contributed by atoms with Crippen molar-refractivity contribution in [3.05, 3.63) is 47.5 Å². The maximum absolute atomic E-state index is 9.04. The van der Waals surface area contributed by atoms with Crippen LogP contribution in [-0.4, -0.2) is 11.7 Å². The van der Waals surface area contributed by atoms with Crippen LogP contribution < -0.4 is 0 Å². The summed E-state index contributed by atoms with van der Waals surface area (Å²) in [6.07, 6.45) is 6.83. The summed E-state index contributed by atoms with van der Waals surface area (Å²) in [5.74, 6) is 0.548. The standard InChI is InChI=1S/C14H18O/c15-11-10-13-8-4-5-9-14(13)12-6-2-1-3-7-12/h1-3,6-8,14-15H,4-5,9-11H2. The van der Waals surface area contributed by atoms with Gasteiger partial charge in [0.15, 0.2) is 0 Å². The Labute approximate surface area is 91.4 Å². The molecule has 1 aromatic rings. The van der Waals surface area contributed by atoms with E-state index in [0.29, 0.717) is 5.92 Å². The average molecular weight is 202 g/mol. The van der Waals surface area contributed by atoms with Gasteiger partial charge < -0.3 is 5.11 Å². The minimum absolute atomic E-state index is 0.273. The van der Waals surface area contributed by atoms with E-state index >= 15 is 0 Å². The summed E-state index contributed by atoms with van der Waals surface area (Å²) in [5, 5.41) is 9.04. The van der Waals surface area contributed by atoms with Gasteiger partial charge in [0.25, 0.3) is 0 Å². The molecule has 80 valence electrons. The van der Waals surface area contributed by atoms with Crippen LogP contribution >= 0.6 is 0 Å². The molecule has 1 aliphatic rings. The number of hydrogen-bond acceptors (Lipinski definition) is 1. The molecule has 0 saturated heterocycles. The van der Waals surface area contributed by atoms with Crippen LogP contribution in [-0.2, 0) is 0 Å². The smallest absolute Gasteiger partial charge is 0.0468 e. The molecule has 1 nitrogen and oxygen atoms in total. The van der Waals surface area contributed by atoms with Crippen molar-refractivity contribution in [2.45, 2.75) is 31.6 Å². The third-order valence-electron chi connectivity index (χ3n) is 3.15. The quantitative estimate of drug-likeness (QED) is 0.746. The lowest BCUT2D eigenvalue weighted by Gasteiger charge is -2.24. The Bertz CT molecular complexity index is 326. The molecule has 0 bridgehead atoms. The van der Waals surface area contributed by atoms with Crippen molar-refractivity contribution in [1.82, 2.24) is 0 Å². The van der Waals surface area contributed by atoms with Crippen LogP contribution in [0.3, 0.4) is 0 Å². The van der Waals surface area contributed by atoms with Crippen molar-refractivity contribution in [2.24, 2.45) is 0 Å². The molecule has 1 unspecified atom stereocenters. The molecule has 0 aliphatic heterocycles. The lowest BCUT2D eigenvalue weighted by atomic mass is 9.81. The first-order chi connectivity index (χ1) is 7.42. The van der Waals surface area contributed by atoms with E-state index in [1.807, 2.05) is 0 Å². The molecule has 15 heavy (non-hydrogen) atoms. The molecule has 1 atom stereocenters. The van der Waals surface area contributed by atoms with Crippen molar-refractivity contribution >= 4 is 0 Å². The molecule has 2 rings (SSSR count). The Morgan fingerprint density at radius 3 is 2.73 bits per heavy atom. The van der Waals surface area contributed by atoms with E-state index < -0.39 is 0 Å². The summed E-state index contributed by atoms with van der Waals surface area (Å²) in [6, 6.07) is 10.6. The van der Waals surface area contributed by atoms with Gasteiger partial charge in [-0.1, -0.05) is 42.0 Å². The van der Waals surface area contributed by atoms with Crippen molar-refractivity contribution < 1.29 is 5.11 Å². The molecule has 0 spiro atoms. The lowest BCUT2D eigenvalue weighted by Crippen LogP contribution is -2.08. The molecule has 1 aliphatic carbocycles. The summed E-state index contributed by atoms with van der Waals surface area (Å²) in [6.45, 7) is 0.273. The highest BCUT2D eigenvalue weighted by atomic mass is 16.2. The van der Waals surface area contributed by atoms with Gasteiger partial charge in [-0.3, -0.25) is 0 Å². The van der Waals surface area contributed by atoms with Gasteiger partial charge in [-0.15, -0.1) is 0 Å². The third-order valence-corrected chi connectivity index (χ3v) is 3.15. The first kappa shape index (κ1) is 10.4. The molecule has 0 heterocycles. The van der Waals surface area contributed by atoms with Gasteiger partial charge >= 0.3 is 0 Å². The fourth-order valence-electron chi connectivity index (χ4n) is 2.41. The van der Waals surface area contributed by atoms with E-state index in [1.54, 1.807) is 0 Å². The van der Waals surface area contributed by atoms with Crippen LogP contribution in [0, 0.1) is 0 Å². The van der Waals surface area contributed by atoms with E-state index in [0.717, 1.165) is 6.42 Å². The summed E-state index contributed by atoms with van der Waals surface area (Å²) in [4.78, 5) is 0. The van der Waals surface area contributed by atoms with E-state index in [9.17, 15) is 0 Å². The highest BCUT2D eigenvalue weighted by Gasteiger charge is 2.18. The molecular formula is C14H18O. The fraction of sp³-hybridized carbons (Fsp3) is 0.429. The Balaban J connectivity index is 2.20. The molecule has 1 N–H and O–H groups in total. The summed E-state index contributed by atoms with van der Waals surface area (Å²) in [5.41, 5.74) is 2.83. The maximum atomic E-state index is 9.04. The second-order valence-corrected chi connectivity index (χ2v) is 4.15. The van der Waals surface area contributed by atoms with E-state index in [4.69, 9.17) is 5.11 Å². The Kier molecular flexibility index (Phi) is 3.57. The number of aliphatic hydroxyl groups is 1. The summed E-state index contributed by atoms with van der Waals surface area (Å²) < 4.78 is 0. The molecule has 0 aromatic heterocycles. The monoisotopic (exact) mass is 202 g/mol. The van der Waals surface area contributed by atoms with E-state index in [1.165, 1.54) is 30.4 Å². The van der Waals surface area contributed by atoms with Crippen molar-refractivity contribution in [3.8, 4) is 0 Å². The van der Waals surface area contributed by atoms with Crippen LogP contribution in [0.1, 0.15) is 37.2 Å². The highest BCUT2D eigenvalue weighted by molar-refractivity contribution is 5.30. The van der Waals surface area contributed by atoms with Crippen LogP contribution in [0.2, 0.25) is 0 Å². The fourth-order valence-corrected chi connectivity index (χ4v) is 2.41. The predicted octanol–water partition coefficient (Wildman–Crippen LogP) is 3.26. The Morgan fingerprint density at radius 1 is 1.20 bits per heavy atom. The second kappa shape index (κ2) is 5.13. The summed E-state index contributed by atoms with van der Waals surface area (Å²) >= 11 is 0. The number of rotatable bonds is 3. The SMILES string of the molecule is OCCC1=CCCCC1c1ccccc1. The van der Waals surface area contributed by atoms with Crippen LogP contribution in [0.25, 0.3) is 0 Å². The van der Waals surface area contributed by atoms with Gasteiger partial charge in [-0.25, -0.2) is 0 Å². The predicted molar refractivity (Wildman–Crippen MR) is 62.8 cm³/mol. The zero-order chi connectivity index (χ0) is 10.5. The van der Waals surface area contributed by atoms with Gasteiger partial charge in [0.05, 0.1) is 0 Å². The number of benzene rings is 1. The van der Waals surface area contributed by atoms with Crippen LogP contribution in [0.5, 0.6) is 0 Å². The molecule has 0 saturated carbocycles. The van der Waals surface area contributed by atoms with Gasteiger partial charge in [-0.05, 0) is 31.2 Å². The minimum Gasteiger partial charge on any atom is -0.396 e. The minimum atomic E-state index is 0.273. The number of allylic oxidation sites excluding steroid dienone is 1. The maximum Gasteiger partial charge on any atom is 0.0468 e. The van der Waals surface area contributed by atoms with Crippen LogP contribution in [0.4, 0.5) is 0 Å².